The molecule has 5 nitrogen and oxygen atoms in total. The quantitative estimate of drug-likeness (QED) is 0.468. The Morgan fingerprint density at radius 2 is 1.79 bits per heavy atom. The van der Waals surface area contributed by atoms with Crippen molar-refractivity contribution in [3.8, 4) is 22.4 Å². The molecular weight excluding hydrogens is 400 g/mol. The number of imidazole rings is 1. The number of aromatic carboxylic acids is 1. The molecule has 29 heavy (non-hydrogen) atoms. The highest BCUT2D eigenvalue weighted by atomic mass is 35.5. The second kappa shape index (κ2) is 7.25. The van der Waals surface area contributed by atoms with Crippen LogP contribution in [0.3, 0.4) is 0 Å². The van der Waals surface area contributed by atoms with Crippen LogP contribution >= 0.6 is 11.6 Å². The lowest BCUT2D eigenvalue weighted by molar-refractivity contribution is 0.0697. The minimum absolute atomic E-state index is 0.0987. The number of aromatic nitrogens is 3. The monoisotopic (exact) mass is 413 g/mol. The van der Waals surface area contributed by atoms with Crippen LogP contribution in [0.2, 0.25) is 5.15 Å². The number of carboxylic acid groups (broad SMARTS) is 1. The van der Waals surface area contributed by atoms with Gasteiger partial charge in [-0.3, -0.25) is 9.38 Å². The molecule has 0 aliphatic heterocycles. The molecule has 0 bridgehead atoms. The van der Waals surface area contributed by atoms with Crippen LogP contribution in [0.1, 0.15) is 28.2 Å². The molecule has 1 aromatic carbocycles. The fourth-order valence-corrected chi connectivity index (χ4v) is 3.52. The summed E-state index contributed by atoms with van der Waals surface area (Å²) in [4.78, 5) is 19.7. The number of nitrogens with zero attached hydrogens (tertiary/aromatic N) is 3. The Bertz CT molecular complexity index is 1250. The maximum atomic E-state index is 13.0. The maximum Gasteiger partial charge on any atom is 0.335 e. The molecule has 146 valence electrons. The summed E-state index contributed by atoms with van der Waals surface area (Å²) in [5.41, 5.74) is 3.24. The van der Waals surface area contributed by atoms with E-state index in [1.807, 2.05) is 24.3 Å². The lowest BCUT2D eigenvalue weighted by Crippen LogP contribution is -1.97. The number of hydrogen-bond acceptors (Lipinski definition) is 3. The van der Waals surface area contributed by atoms with Gasteiger partial charge in [0.15, 0.2) is 0 Å². The van der Waals surface area contributed by atoms with Gasteiger partial charge in [-0.1, -0.05) is 41.9 Å². The average Bonchev–Trinajstić information content (AvgIpc) is 3.03. The predicted octanol–water partition coefficient (Wildman–Crippen LogP) is 5.66. The number of hydrogen-bond donors (Lipinski definition) is 1. The third-order valence-electron chi connectivity index (χ3n) is 4.62. The molecule has 3 heterocycles. The van der Waals surface area contributed by atoms with Crippen molar-refractivity contribution < 1.29 is 18.7 Å². The van der Waals surface area contributed by atoms with E-state index in [1.54, 1.807) is 23.6 Å². The lowest BCUT2D eigenvalue weighted by atomic mass is 9.97. The van der Waals surface area contributed by atoms with Gasteiger partial charge in [0.05, 0.1) is 5.56 Å². The van der Waals surface area contributed by atoms with Crippen LogP contribution in [0, 0.1) is 6.92 Å². The Balaban J connectivity index is 1.90. The number of carboxylic acids is 1. The minimum atomic E-state index is -2.64. The van der Waals surface area contributed by atoms with Gasteiger partial charge in [-0.15, -0.1) is 0 Å². The molecule has 4 aromatic rings. The minimum Gasteiger partial charge on any atom is -0.478 e. The van der Waals surface area contributed by atoms with Crippen LogP contribution in [0.5, 0.6) is 0 Å². The highest BCUT2D eigenvalue weighted by molar-refractivity contribution is 6.32. The first-order valence-electron chi connectivity index (χ1n) is 8.63. The Kier molecular flexibility index (Phi) is 4.76. The van der Waals surface area contributed by atoms with Crippen LogP contribution in [-0.4, -0.2) is 25.4 Å². The number of alkyl halides is 2. The summed E-state index contributed by atoms with van der Waals surface area (Å²) in [6.45, 7) is 1.67. The summed E-state index contributed by atoms with van der Waals surface area (Å²) in [6.07, 6.45) is -1.10. The van der Waals surface area contributed by atoms with E-state index < -0.39 is 12.4 Å². The van der Waals surface area contributed by atoms with Crippen LogP contribution in [0.4, 0.5) is 8.78 Å². The lowest BCUT2D eigenvalue weighted by Gasteiger charge is -2.11. The second-order valence-corrected chi connectivity index (χ2v) is 6.77. The van der Waals surface area contributed by atoms with Crippen molar-refractivity contribution in [1.82, 2.24) is 14.4 Å². The van der Waals surface area contributed by atoms with Gasteiger partial charge in [0.1, 0.15) is 22.2 Å². The molecule has 0 aliphatic carbocycles. The fourth-order valence-electron chi connectivity index (χ4n) is 3.23. The number of pyridine rings is 2. The average molecular weight is 414 g/mol. The number of rotatable bonds is 4. The molecule has 0 saturated carbocycles. The van der Waals surface area contributed by atoms with Gasteiger partial charge >= 0.3 is 5.97 Å². The molecular formula is C21H14ClF2N3O2. The van der Waals surface area contributed by atoms with Crippen molar-refractivity contribution >= 4 is 23.2 Å². The van der Waals surface area contributed by atoms with E-state index in [4.69, 9.17) is 11.6 Å². The summed E-state index contributed by atoms with van der Waals surface area (Å²) < 4.78 is 27.5. The van der Waals surface area contributed by atoms with Gasteiger partial charge in [0.2, 0.25) is 0 Å². The number of aryl methyl sites for hydroxylation is 1. The van der Waals surface area contributed by atoms with E-state index in [2.05, 4.69) is 9.97 Å². The highest BCUT2D eigenvalue weighted by Crippen LogP contribution is 2.37. The Hall–Kier alpha value is -3.32. The molecule has 4 rings (SSSR count). The summed E-state index contributed by atoms with van der Waals surface area (Å²) in [5.74, 6) is -1.06. The first kappa shape index (κ1) is 19.0. The SMILES string of the molecule is Cc1nc(C(F)F)ccc1-c1ccccc1-c1nc2cc(C(=O)O)ccn2c1Cl. The van der Waals surface area contributed by atoms with E-state index in [0.29, 0.717) is 33.3 Å². The topological polar surface area (TPSA) is 67.5 Å². The molecule has 0 radical (unpaired) electrons. The van der Waals surface area contributed by atoms with Gasteiger partial charge in [-0.25, -0.2) is 18.6 Å². The van der Waals surface area contributed by atoms with E-state index >= 15 is 0 Å². The van der Waals surface area contributed by atoms with Crippen LogP contribution in [-0.2, 0) is 0 Å². The van der Waals surface area contributed by atoms with Gasteiger partial charge in [0.25, 0.3) is 6.43 Å². The van der Waals surface area contributed by atoms with Crippen LogP contribution in [0.25, 0.3) is 28.0 Å². The first-order valence-corrected chi connectivity index (χ1v) is 9.01. The number of benzene rings is 1. The summed E-state index contributed by atoms with van der Waals surface area (Å²) >= 11 is 6.53. The number of fused-ring (bicyclic) bond motifs is 1. The first-order chi connectivity index (χ1) is 13.9. The highest BCUT2D eigenvalue weighted by Gasteiger charge is 2.19. The van der Waals surface area contributed by atoms with Gasteiger partial charge < -0.3 is 5.11 Å². The summed E-state index contributed by atoms with van der Waals surface area (Å²) in [6, 6.07) is 13.1. The van der Waals surface area contributed by atoms with Gasteiger partial charge in [-0.05, 0) is 30.7 Å². The molecule has 0 aliphatic rings. The van der Waals surface area contributed by atoms with E-state index in [9.17, 15) is 18.7 Å². The zero-order valence-corrected chi connectivity index (χ0v) is 15.9. The molecule has 0 amide bonds. The van der Waals surface area contributed by atoms with Crippen molar-refractivity contribution in [1.29, 1.82) is 0 Å². The number of halogens is 3. The molecule has 0 spiro atoms. The van der Waals surface area contributed by atoms with Crippen LogP contribution in [0.15, 0.2) is 54.7 Å². The summed E-state index contributed by atoms with van der Waals surface area (Å²) in [7, 11) is 0. The van der Waals surface area contributed by atoms with Gasteiger partial charge in [0, 0.05) is 23.0 Å². The van der Waals surface area contributed by atoms with Crippen molar-refractivity contribution in [2.45, 2.75) is 13.3 Å². The molecule has 0 atom stereocenters. The zero-order valence-electron chi connectivity index (χ0n) is 15.1. The predicted molar refractivity (Wildman–Crippen MR) is 106 cm³/mol. The molecule has 0 fully saturated rings. The second-order valence-electron chi connectivity index (χ2n) is 6.42. The molecule has 0 saturated heterocycles. The maximum absolute atomic E-state index is 13.0. The molecule has 8 heteroatoms. The van der Waals surface area contributed by atoms with E-state index in [1.165, 1.54) is 18.2 Å². The van der Waals surface area contributed by atoms with Crippen molar-refractivity contribution in [2.75, 3.05) is 0 Å². The Morgan fingerprint density at radius 1 is 1.07 bits per heavy atom. The summed E-state index contributed by atoms with van der Waals surface area (Å²) in [5, 5.41) is 9.51. The van der Waals surface area contributed by atoms with Crippen molar-refractivity contribution in [3.63, 3.8) is 0 Å². The zero-order chi connectivity index (χ0) is 20.7. The standard InChI is InChI=1S/C21H14ClF2N3O2/c1-11-13(6-7-16(25-11)20(23)24)14-4-2-3-5-15(14)18-19(22)27-9-8-12(21(28)29)10-17(27)26-18/h2-10,20H,1H3,(H,28,29). The smallest absolute Gasteiger partial charge is 0.335 e. The Labute approximate surface area is 169 Å². The number of carbonyl (C=O) groups is 1. The van der Waals surface area contributed by atoms with Crippen LogP contribution < -0.4 is 0 Å². The third kappa shape index (κ3) is 3.34. The fraction of sp³-hybridized carbons (Fsp3) is 0.0952. The normalized spacial score (nSPS) is 11.3. The van der Waals surface area contributed by atoms with Crippen molar-refractivity contribution in [3.05, 3.63) is 76.8 Å². The van der Waals surface area contributed by atoms with E-state index in [0.717, 1.165) is 5.56 Å². The Morgan fingerprint density at radius 3 is 2.45 bits per heavy atom. The van der Waals surface area contributed by atoms with E-state index in [-0.39, 0.29) is 11.3 Å². The molecule has 1 N–H and O–H groups in total. The molecule has 0 unspecified atom stereocenters. The van der Waals surface area contributed by atoms with Gasteiger partial charge in [-0.2, -0.15) is 0 Å². The largest absolute Gasteiger partial charge is 0.478 e. The molecule has 3 aromatic heterocycles. The van der Waals surface area contributed by atoms with Crippen molar-refractivity contribution in [2.24, 2.45) is 0 Å². The third-order valence-corrected chi connectivity index (χ3v) is 4.98.